The molecule has 1 amide bonds. The summed E-state index contributed by atoms with van der Waals surface area (Å²) in [5, 5.41) is 16.1. The van der Waals surface area contributed by atoms with Crippen LogP contribution in [0.25, 0.3) is 0 Å². The molecule has 0 aromatic carbocycles. The zero-order valence-electron chi connectivity index (χ0n) is 18.7. The van der Waals surface area contributed by atoms with Crippen LogP contribution in [0, 0.1) is 11.8 Å². The highest BCUT2D eigenvalue weighted by molar-refractivity contribution is 7.85. The topological polar surface area (TPSA) is 117 Å². The van der Waals surface area contributed by atoms with E-state index in [9.17, 15) is 14.1 Å². The van der Waals surface area contributed by atoms with Crippen LogP contribution in [0.2, 0.25) is 0 Å². The number of nitrogens with one attached hydrogen (secondary N) is 2. The Morgan fingerprint density at radius 1 is 1.30 bits per heavy atom. The summed E-state index contributed by atoms with van der Waals surface area (Å²) in [7, 11) is -1.12. The lowest BCUT2D eigenvalue weighted by Gasteiger charge is -2.51. The maximum Gasteiger partial charge on any atom is 0.411 e. The number of piperidine rings is 1. The van der Waals surface area contributed by atoms with E-state index >= 15 is 0 Å². The molecule has 5 aliphatic rings. The van der Waals surface area contributed by atoms with Crippen LogP contribution in [0.5, 0.6) is 0 Å². The number of anilines is 2. The highest BCUT2D eigenvalue weighted by Crippen LogP contribution is 2.46. The summed E-state index contributed by atoms with van der Waals surface area (Å²) in [6, 6.07) is 0. The Morgan fingerprint density at radius 2 is 2.09 bits per heavy atom. The lowest BCUT2D eigenvalue weighted by atomic mass is 9.69. The van der Waals surface area contributed by atoms with Gasteiger partial charge in [0.05, 0.1) is 28.6 Å². The monoisotopic (exact) mass is 471 g/mol. The molecule has 1 saturated carbocycles. The van der Waals surface area contributed by atoms with Crippen molar-refractivity contribution in [1.82, 2.24) is 15.3 Å². The lowest BCUT2D eigenvalue weighted by Crippen LogP contribution is -2.60. The number of aliphatic hydroxyl groups excluding tert-OH is 1. The second-order valence-electron chi connectivity index (χ2n) is 9.92. The molecule has 6 rings (SSSR count). The lowest BCUT2D eigenvalue weighted by molar-refractivity contribution is -0.0675. The first-order valence-electron chi connectivity index (χ1n) is 11.7. The van der Waals surface area contributed by atoms with E-state index in [4.69, 9.17) is 14.7 Å². The molecule has 0 radical (unpaired) electrons. The maximum absolute atomic E-state index is 12.6. The number of allylic oxidation sites excluding steroid dienone is 3. The second kappa shape index (κ2) is 7.53. The number of ether oxygens (including phenoxy) is 1. The van der Waals surface area contributed by atoms with Gasteiger partial charge in [0.15, 0.2) is 0 Å². The zero-order valence-corrected chi connectivity index (χ0v) is 19.5. The number of alkyl carbamates (subject to hydrolysis) is 1. The number of hydrogen-bond donors (Lipinski definition) is 3. The molecule has 3 N–H and O–H groups in total. The van der Waals surface area contributed by atoms with E-state index in [2.05, 4.69) is 28.5 Å². The molecule has 2 aliphatic carbocycles. The smallest absolute Gasteiger partial charge is 0.411 e. The average molecular weight is 472 g/mol. The predicted octanol–water partition coefficient (Wildman–Crippen LogP) is 1.86. The Labute approximate surface area is 195 Å². The van der Waals surface area contributed by atoms with Crippen molar-refractivity contribution >= 4 is 28.7 Å². The molecule has 3 atom stereocenters. The molecule has 176 valence electrons. The first-order chi connectivity index (χ1) is 15.9. The zero-order chi connectivity index (χ0) is 22.8. The van der Waals surface area contributed by atoms with Crippen molar-refractivity contribution in [2.24, 2.45) is 11.8 Å². The van der Waals surface area contributed by atoms with Gasteiger partial charge in [-0.3, -0.25) is 9.53 Å². The number of rotatable bonds is 4. The van der Waals surface area contributed by atoms with Gasteiger partial charge in [-0.25, -0.2) is 9.78 Å². The summed E-state index contributed by atoms with van der Waals surface area (Å²) in [5.74, 6) is 2.16. The summed E-state index contributed by atoms with van der Waals surface area (Å²) in [6.45, 7) is 3.53. The molecule has 4 heterocycles. The van der Waals surface area contributed by atoms with E-state index in [0.29, 0.717) is 54.8 Å². The minimum Gasteiger partial charge on any atom is -0.442 e. The van der Waals surface area contributed by atoms with Gasteiger partial charge in [-0.05, 0) is 24.8 Å². The third kappa shape index (κ3) is 3.45. The third-order valence-electron chi connectivity index (χ3n) is 7.77. The Morgan fingerprint density at radius 3 is 2.82 bits per heavy atom. The van der Waals surface area contributed by atoms with Gasteiger partial charge in [-0.2, -0.15) is 4.98 Å². The SMILES string of the molecule is CC1C=CC=C2NC(=O)OC3(CCN(c4nc5c(c(NC6(CO)CC6)n4)S(=O)CC5)CC3)C21. The Hall–Kier alpha value is -2.46. The highest BCUT2D eigenvalue weighted by Gasteiger charge is 2.52. The molecule has 33 heavy (non-hydrogen) atoms. The summed E-state index contributed by atoms with van der Waals surface area (Å²) >= 11 is 0. The molecule has 1 spiro atoms. The van der Waals surface area contributed by atoms with Gasteiger partial charge < -0.3 is 20.1 Å². The number of carbonyl (C=O) groups is 1. The molecular formula is C23H29N5O4S. The third-order valence-corrected chi connectivity index (χ3v) is 9.23. The number of amides is 1. The van der Waals surface area contributed by atoms with Gasteiger partial charge >= 0.3 is 6.09 Å². The predicted molar refractivity (Wildman–Crippen MR) is 123 cm³/mol. The molecule has 1 aromatic heterocycles. The maximum atomic E-state index is 12.6. The molecule has 2 saturated heterocycles. The molecule has 1 aromatic rings. The number of aryl methyl sites for hydroxylation is 1. The number of aromatic nitrogens is 2. The number of hydrogen-bond acceptors (Lipinski definition) is 8. The number of carbonyl (C=O) groups excluding carboxylic acids is 1. The summed E-state index contributed by atoms with van der Waals surface area (Å²) in [4.78, 5) is 24.7. The largest absolute Gasteiger partial charge is 0.442 e. The molecule has 3 fully saturated rings. The molecule has 0 bridgehead atoms. The van der Waals surface area contributed by atoms with Crippen molar-refractivity contribution in [3.8, 4) is 0 Å². The van der Waals surface area contributed by atoms with Gasteiger partial charge in [-0.15, -0.1) is 0 Å². The summed E-state index contributed by atoms with van der Waals surface area (Å²) in [6.07, 6.45) is 9.57. The fraction of sp³-hybridized carbons (Fsp3) is 0.609. The summed E-state index contributed by atoms with van der Waals surface area (Å²) < 4.78 is 18.6. The van der Waals surface area contributed by atoms with E-state index in [1.54, 1.807) is 0 Å². The molecule has 3 aliphatic heterocycles. The number of fused-ring (bicyclic) bond motifs is 3. The second-order valence-corrected chi connectivity index (χ2v) is 11.4. The van der Waals surface area contributed by atoms with Crippen LogP contribution in [-0.4, -0.2) is 62.0 Å². The first kappa shape index (κ1) is 21.1. The Balaban J connectivity index is 1.27. The standard InChI is InChI=1S/C23H29N5O4S/c1-14-3-2-4-15-17(14)23(32-21(30)25-15)8-10-28(11-9-23)20-24-16-5-12-33(31)18(16)19(26-20)27-22(13-29)6-7-22/h2-4,14,17,29H,5-13H2,1H3,(H,25,30)(H,24,26,27). The van der Waals surface area contributed by atoms with Crippen molar-refractivity contribution in [2.45, 2.75) is 55.1 Å². The van der Waals surface area contributed by atoms with Crippen molar-refractivity contribution < 1.29 is 18.8 Å². The van der Waals surface area contributed by atoms with E-state index < -0.39 is 16.4 Å². The minimum atomic E-state index is -1.12. The number of aliphatic hydroxyl groups is 1. The molecule has 3 unspecified atom stereocenters. The summed E-state index contributed by atoms with van der Waals surface area (Å²) in [5.41, 5.74) is 0.883. The fourth-order valence-electron chi connectivity index (χ4n) is 5.74. The highest BCUT2D eigenvalue weighted by atomic mass is 32.2. The quantitative estimate of drug-likeness (QED) is 0.609. The van der Waals surface area contributed by atoms with Gasteiger partial charge in [-0.1, -0.05) is 19.1 Å². The van der Waals surface area contributed by atoms with Crippen LogP contribution >= 0.6 is 0 Å². The van der Waals surface area contributed by atoms with Crippen molar-refractivity contribution in [3.05, 3.63) is 29.6 Å². The minimum absolute atomic E-state index is 0.0310. The van der Waals surface area contributed by atoms with Gasteiger partial charge in [0.25, 0.3) is 0 Å². The van der Waals surface area contributed by atoms with Crippen LogP contribution in [0.15, 0.2) is 28.8 Å². The van der Waals surface area contributed by atoms with Crippen LogP contribution in [-0.2, 0) is 22.0 Å². The van der Waals surface area contributed by atoms with Gasteiger partial charge in [0.2, 0.25) is 5.95 Å². The molecule has 9 nitrogen and oxygen atoms in total. The van der Waals surface area contributed by atoms with Crippen molar-refractivity contribution in [2.75, 3.05) is 35.7 Å². The molecular weight excluding hydrogens is 442 g/mol. The van der Waals surface area contributed by atoms with E-state index in [1.807, 2.05) is 12.2 Å². The van der Waals surface area contributed by atoms with E-state index in [0.717, 1.165) is 24.2 Å². The number of nitrogens with zero attached hydrogens (tertiary/aromatic N) is 3. The Kier molecular flexibility index (Phi) is 4.81. The van der Waals surface area contributed by atoms with E-state index in [-0.39, 0.29) is 30.1 Å². The Bertz CT molecular complexity index is 1090. The van der Waals surface area contributed by atoms with Crippen LogP contribution in [0.4, 0.5) is 16.6 Å². The van der Waals surface area contributed by atoms with Crippen LogP contribution in [0.3, 0.4) is 0 Å². The fourth-order valence-corrected chi connectivity index (χ4v) is 7.04. The van der Waals surface area contributed by atoms with Crippen LogP contribution in [0.1, 0.15) is 38.3 Å². The normalized spacial score (nSPS) is 30.7. The average Bonchev–Trinajstić information content (AvgIpc) is 3.47. The van der Waals surface area contributed by atoms with Crippen molar-refractivity contribution in [3.63, 3.8) is 0 Å². The first-order valence-corrected chi connectivity index (χ1v) is 13.1. The van der Waals surface area contributed by atoms with Gasteiger partial charge in [0.1, 0.15) is 16.3 Å². The van der Waals surface area contributed by atoms with Gasteiger partial charge in [0, 0.05) is 49.7 Å². The molecule has 10 heteroatoms. The van der Waals surface area contributed by atoms with Crippen LogP contribution < -0.4 is 15.5 Å². The van der Waals surface area contributed by atoms with Crippen molar-refractivity contribution in [1.29, 1.82) is 0 Å². The van der Waals surface area contributed by atoms with E-state index in [1.165, 1.54) is 0 Å².